The molecule has 0 saturated carbocycles. The van der Waals surface area contributed by atoms with Crippen molar-refractivity contribution in [3.05, 3.63) is 36.0 Å². The Hall–Kier alpha value is -2.98. The molecule has 1 atom stereocenters. The summed E-state index contributed by atoms with van der Waals surface area (Å²) in [7, 11) is 0. The molecule has 0 aliphatic rings. The van der Waals surface area contributed by atoms with Crippen molar-refractivity contribution in [1.82, 2.24) is 15.6 Å². The van der Waals surface area contributed by atoms with Gasteiger partial charge in [0.05, 0.1) is 11.6 Å². The summed E-state index contributed by atoms with van der Waals surface area (Å²) in [4.78, 5) is 25.9. The van der Waals surface area contributed by atoms with Crippen LogP contribution in [0.3, 0.4) is 0 Å². The molecule has 6 N–H and O–H groups in total. The van der Waals surface area contributed by atoms with Crippen LogP contribution in [0.1, 0.15) is 16.8 Å². The van der Waals surface area contributed by atoms with Gasteiger partial charge in [0.15, 0.2) is 0 Å². The Morgan fingerprint density at radius 3 is 2.86 bits per heavy atom. The molecule has 7 nitrogen and oxygen atoms in total. The maximum absolute atomic E-state index is 12.1. The Kier molecular flexibility index (Phi) is 5.01. The molecule has 7 heteroatoms. The number of rotatable bonds is 4. The van der Waals surface area contributed by atoms with E-state index >= 15 is 0 Å². The van der Waals surface area contributed by atoms with Gasteiger partial charge in [0.2, 0.25) is 0 Å². The molecule has 22 heavy (non-hydrogen) atoms. The molecule has 0 bridgehead atoms. The molecule has 3 amide bonds. The molecule has 0 fully saturated rings. The van der Waals surface area contributed by atoms with Gasteiger partial charge in [0, 0.05) is 36.2 Å². The first kappa shape index (κ1) is 15.4. The van der Waals surface area contributed by atoms with Crippen LogP contribution in [-0.2, 0) is 0 Å². The predicted octanol–water partition coefficient (Wildman–Crippen LogP) is 0.278. The normalized spacial score (nSPS) is 11.3. The average molecular weight is 300 g/mol. The number of hydrogen-bond donors (Lipinski definition) is 5. The van der Waals surface area contributed by atoms with Gasteiger partial charge in [-0.15, -0.1) is 0 Å². The summed E-state index contributed by atoms with van der Waals surface area (Å²) in [6.07, 6.45) is 1.83. The number of fused-ring (bicyclic) bond motifs is 1. The van der Waals surface area contributed by atoms with Crippen LogP contribution in [0.5, 0.6) is 0 Å². The molecule has 1 unspecified atom stereocenters. The lowest BCUT2D eigenvalue weighted by molar-refractivity contribution is 0.0975. The third kappa shape index (κ3) is 3.77. The molecule has 0 saturated heterocycles. The molecule has 114 valence electrons. The maximum atomic E-state index is 12.1. The lowest BCUT2D eigenvalue weighted by Gasteiger charge is -2.08. The average Bonchev–Trinajstić information content (AvgIpc) is 2.90. The minimum Gasteiger partial charge on any atom is -0.396 e. The molecule has 0 radical (unpaired) electrons. The van der Waals surface area contributed by atoms with Crippen LogP contribution in [0.4, 0.5) is 4.79 Å². The number of benzene rings is 1. The Morgan fingerprint density at radius 1 is 1.36 bits per heavy atom. The van der Waals surface area contributed by atoms with E-state index in [0.717, 1.165) is 10.9 Å². The molecule has 0 aliphatic heterocycles. The predicted molar refractivity (Wildman–Crippen MR) is 81.8 cm³/mol. The van der Waals surface area contributed by atoms with Crippen LogP contribution < -0.4 is 16.4 Å². The third-order valence-electron chi connectivity index (χ3n) is 2.99. The second-order valence-electron chi connectivity index (χ2n) is 4.54. The van der Waals surface area contributed by atoms with Crippen LogP contribution in [-0.4, -0.2) is 34.7 Å². The first-order valence-corrected chi connectivity index (χ1v) is 6.65. The standard InChI is InChI=1S/C15H16N4O3/c16-15(22)19-10(6-8-20)5-7-17-14(21)12-9-18-13-4-2-1-3-11(12)13/h1-4,9-10,18,20H,6,8H2,(H,17,21)(H3,16,19,22). The largest absolute Gasteiger partial charge is 0.396 e. The highest BCUT2D eigenvalue weighted by molar-refractivity contribution is 6.07. The van der Waals surface area contributed by atoms with Crippen LogP contribution in [0, 0.1) is 12.0 Å². The highest BCUT2D eigenvalue weighted by Crippen LogP contribution is 2.17. The molecule has 1 heterocycles. The molecule has 0 spiro atoms. The van der Waals surface area contributed by atoms with Gasteiger partial charge < -0.3 is 21.1 Å². The molecular formula is C15H16N4O3. The number of carbonyl (C=O) groups excluding carboxylic acids is 2. The van der Waals surface area contributed by atoms with Gasteiger partial charge >= 0.3 is 6.03 Å². The SMILES string of the molecule is NC(=O)NC(C#CNC(=O)c1c[nH]c2ccccc12)CCO. The minimum atomic E-state index is -0.740. The Morgan fingerprint density at radius 2 is 2.14 bits per heavy atom. The number of carbonyl (C=O) groups is 2. The monoisotopic (exact) mass is 300 g/mol. The molecule has 0 aliphatic carbocycles. The fraction of sp³-hybridized carbons (Fsp3) is 0.200. The van der Waals surface area contributed by atoms with Crippen LogP contribution in [0.15, 0.2) is 30.5 Å². The number of nitrogens with two attached hydrogens (primary N) is 1. The van der Waals surface area contributed by atoms with Gasteiger partial charge in [0.1, 0.15) is 0 Å². The van der Waals surface area contributed by atoms with E-state index in [1.165, 1.54) is 0 Å². The number of aliphatic hydroxyl groups is 1. The summed E-state index contributed by atoms with van der Waals surface area (Å²) in [6, 6.07) is 8.53. The van der Waals surface area contributed by atoms with E-state index in [-0.39, 0.29) is 18.9 Å². The summed E-state index contributed by atoms with van der Waals surface area (Å²) in [5, 5.41) is 14.5. The Bertz CT molecular complexity index is 742. The van der Waals surface area contributed by atoms with Crippen molar-refractivity contribution in [1.29, 1.82) is 0 Å². The quantitative estimate of drug-likeness (QED) is 0.412. The molecule has 2 rings (SSSR count). The van der Waals surface area contributed by atoms with E-state index in [9.17, 15) is 9.59 Å². The van der Waals surface area contributed by atoms with Gasteiger partial charge in [-0.3, -0.25) is 10.1 Å². The minimum absolute atomic E-state index is 0.157. The van der Waals surface area contributed by atoms with E-state index in [2.05, 4.69) is 27.6 Å². The van der Waals surface area contributed by atoms with Crippen molar-refractivity contribution >= 4 is 22.8 Å². The summed E-state index contributed by atoms with van der Waals surface area (Å²) < 4.78 is 0. The van der Waals surface area contributed by atoms with Crippen molar-refractivity contribution in [2.24, 2.45) is 5.73 Å². The number of primary amides is 1. The summed E-state index contributed by atoms with van der Waals surface area (Å²) in [5.41, 5.74) is 6.34. The van der Waals surface area contributed by atoms with Crippen LogP contribution in [0.2, 0.25) is 0 Å². The van der Waals surface area contributed by atoms with Gasteiger partial charge in [-0.1, -0.05) is 24.1 Å². The van der Waals surface area contributed by atoms with Crippen molar-refractivity contribution in [2.45, 2.75) is 12.5 Å². The molecule has 1 aromatic carbocycles. The van der Waals surface area contributed by atoms with E-state index in [1.807, 2.05) is 24.3 Å². The van der Waals surface area contributed by atoms with Gasteiger partial charge in [-0.2, -0.15) is 0 Å². The van der Waals surface area contributed by atoms with Crippen molar-refractivity contribution < 1.29 is 14.7 Å². The van der Waals surface area contributed by atoms with Gasteiger partial charge in [-0.25, -0.2) is 4.79 Å². The first-order chi connectivity index (χ1) is 10.6. The summed E-state index contributed by atoms with van der Waals surface area (Å²) >= 11 is 0. The highest BCUT2D eigenvalue weighted by Gasteiger charge is 2.10. The van der Waals surface area contributed by atoms with Gasteiger partial charge in [-0.05, 0) is 6.07 Å². The number of aromatic nitrogens is 1. The van der Waals surface area contributed by atoms with Crippen LogP contribution >= 0.6 is 0 Å². The maximum Gasteiger partial charge on any atom is 0.313 e. The lowest BCUT2D eigenvalue weighted by atomic mass is 10.1. The first-order valence-electron chi connectivity index (χ1n) is 6.65. The third-order valence-corrected chi connectivity index (χ3v) is 2.99. The second kappa shape index (κ2) is 7.15. The molecule has 2 aromatic rings. The van der Waals surface area contributed by atoms with Crippen LogP contribution in [0.25, 0.3) is 10.9 Å². The van der Waals surface area contributed by atoms with Gasteiger partial charge in [0.25, 0.3) is 5.91 Å². The molecule has 1 aromatic heterocycles. The van der Waals surface area contributed by atoms with Crippen molar-refractivity contribution in [3.8, 4) is 12.0 Å². The smallest absolute Gasteiger partial charge is 0.313 e. The number of H-pyrrole nitrogens is 1. The van der Waals surface area contributed by atoms with E-state index < -0.39 is 12.1 Å². The second-order valence-corrected chi connectivity index (χ2v) is 4.54. The summed E-state index contributed by atoms with van der Waals surface area (Å²) in [5.74, 6) is 2.27. The number of amides is 3. The van der Waals surface area contributed by atoms with E-state index in [4.69, 9.17) is 10.8 Å². The fourth-order valence-electron chi connectivity index (χ4n) is 1.99. The number of urea groups is 1. The Balaban J connectivity index is 2.06. The summed E-state index contributed by atoms with van der Waals surface area (Å²) in [6.45, 7) is -0.157. The zero-order valence-electron chi connectivity index (χ0n) is 11.7. The number of aromatic amines is 1. The molecular weight excluding hydrogens is 284 g/mol. The van der Waals surface area contributed by atoms with E-state index in [0.29, 0.717) is 5.56 Å². The topological polar surface area (TPSA) is 120 Å². The Labute approximate surface area is 126 Å². The van der Waals surface area contributed by atoms with Crippen molar-refractivity contribution in [2.75, 3.05) is 6.61 Å². The number of para-hydroxylation sites is 1. The number of hydrogen-bond acceptors (Lipinski definition) is 3. The lowest BCUT2D eigenvalue weighted by Crippen LogP contribution is -2.38. The highest BCUT2D eigenvalue weighted by atomic mass is 16.3. The number of aliphatic hydroxyl groups excluding tert-OH is 1. The number of nitrogens with one attached hydrogen (secondary N) is 3. The zero-order chi connectivity index (χ0) is 15.9. The zero-order valence-corrected chi connectivity index (χ0v) is 11.7. The van der Waals surface area contributed by atoms with Crippen molar-refractivity contribution in [3.63, 3.8) is 0 Å². The van der Waals surface area contributed by atoms with E-state index in [1.54, 1.807) is 6.20 Å². The fourth-order valence-corrected chi connectivity index (χ4v) is 1.99.